The lowest BCUT2D eigenvalue weighted by molar-refractivity contribution is -0.141. The van der Waals surface area contributed by atoms with Gasteiger partial charge in [0.15, 0.2) is 5.78 Å². The number of ether oxygens (including phenoxy) is 2. The SMILES string of the molecule is CCOC(=O)CC(=O)c1ccc2cc(OC)ccc2c1. The highest BCUT2D eigenvalue weighted by Crippen LogP contribution is 2.22. The molecule has 4 nitrogen and oxygen atoms in total. The summed E-state index contributed by atoms with van der Waals surface area (Å²) in [6, 6.07) is 10.9. The molecule has 0 radical (unpaired) electrons. The molecule has 4 heteroatoms. The third kappa shape index (κ3) is 3.15. The van der Waals surface area contributed by atoms with E-state index in [1.165, 1.54) is 0 Å². The molecule has 0 heterocycles. The zero-order chi connectivity index (χ0) is 14.5. The van der Waals surface area contributed by atoms with Crippen LogP contribution in [0.2, 0.25) is 0 Å². The number of hydrogen-bond acceptors (Lipinski definition) is 4. The van der Waals surface area contributed by atoms with Gasteiger partial charge < -0.3 is 9.47 Å². The van der Waals surface area contributed by atoms with Crippen LogP contribution in [0.3, 0.4) is 0 Å². The highest BCUT2D eigenvalue weighted by Gasteiger charge is 2.13. The van der Waals surface area contributed by atoms with Gasteiger partial charge in [0.1, 0.15) is 12.2 Å². The van der Waals surface area contributed by atoms with Crippen LogP contribution in [0.15, 0.2) is 36.4 Å². The van der Waals surface area contributed by atoms with Gasteiger partial charge in [-0.3, -0.25) is 9.59 Å². The molecule has 20 heavy (non-hydrogen) atoms. The lowest BCUT2D eigenvalue weighted by atomic mass is 10.0. The molecule has 0 aliphatic heterocycles. The third-order valence-electron chi connectivity index (χ3n) is 2.98. The second-order valence-corrected chi connectivity index (χ2v) is 4.33. The van der Waals surface area contributed by atoms with Gasteiger partial charge >= 0.3 is 5.97 Å². The summed E-state index contributed by atoms with van der Waals surface area (Å²) in [7, 11) is 1.61. The summed E-state index contributed by atoms with van der Waals surface area (Å²) in [4.78, 5) is 23.3. The molecule has 2 aromatic carbocycles. The van der Waals surface area contributed by atoms with Crippen molar-refractivity contribution in [2.45, 2.75) is 13.3 Å². The van der Waals surface area contributed by atoms with E-state index in [1.54, 1.807) is 26.2 Å². The molecule has 104 valence electrons. The fourth-order valence-corrected chi connectivity index (χ4v) is 1.97. The van der Waals surface area contributed by atoms with Crippen molar-refractivity contribution in [1.29, 1.82) is 0 Å². The second kappa shape index (κ2) is 6.19. The molecule has 0 aliphatic rings. The molecule has 0 spiro atoms. The molecule has 0 aliphatic carbocycles. The van der Waals surface area contributed by atoms with E-state index in [-0.39, 0.29) is 18.8 Å². The number of esters is 1. The van der Waals surface area contributed by atoms with Gasteiger partial charge in [0, 0.05) is 5.56 Å². The molecular weight excluding hydrogens is 256 g/mol. The van der Waals surface area contributed by atoms with Crippen molar-refractivity contribution in [2.24, 2.45) is 0 Å². The first-order chi connectivity index (χ1) is 9.63. The number of ketones is 1. The smallest absolute Gasteiger partial charge is 0.313 e. The standard InChI is InChI=1S/C16H16O4/c1-3-20-16(18)10-15(17)13-5-4-12-9-14(19-2)7-6-11(12)8-13/h4-9H,3,10H2,1-2H3. The van der Waals surface area contributed by atoms with Gasteiger partial charge in [0.25, 0.3) is 0 Å². The first-order valence-electron chi connectivity index (χ1n) is 6.40. The number of methoxy groups -OCH3 is 1. The number of carbonyl (C=O) groups excluding carboxylic acids is 2. The van der Waals surface area contributed by atoms with Crippen LogP contribution in [-0.2, 0) is 9.53 Å². The van der Waals surface area contributed by atoms with Gasteiger partial charge in [-0.1, -0.05) is 18.2 Å². The second-order valence-electron chi connectivity index (χ2n) is 4.33. The molecular formula is C16H16O4. The van der Waals surface area contributed by atoms with Crippen molar-refractivity contribution in [3.05, 3.63) is 42.0 Å². The van der Waals surface area contributed by atoms with Crippen molar-refractivity contribution in [1.82, 2.24) is 0 Å². The van der Waals surface area contributed by atoms with Crippen molar-refractivity contribution in [3.63, 3.8) is 0 Å². The quantitative estimate of drug-likeness (QED) is 0.477. The number of carbonyl (C=O) groups is 2. The Hall–Kier alpha value is -2.36. The predicted octanol–water partition coefficient (Wildman–Crippen LogP) is 2.98. The van der Waals surface area contributed by atoms with Crippen LogP contribution in [-0.4, -0.2) is 25.5 Å². The molecule has 0 atom stereocenters. The van der Waals surface area contributed by atoms with E-state index in [2.05, 4.69) is 0 Å². The number of fused-ring (bicyclic) bond motifs is 1. The summed E-state index contributed by atoms with van der Waals surface area (Å²) in [5, 5.41) is 1.91. The highest BCUT2D eigenvalue weighted by atomic mass is 16.5. The zero-order valence-electron chi connectivity index (χ0n) is 11.5. The van der Waals surface area contributed by atoms with Gasteiger partial charge in [-0.25, -0.2) is 0 Å². The zero-order valence-corrected chi connectivity index (χ0v) is 11.5. The van der Waals surface area contributed by atoms with Crippen LogP contribution in [0.1, 0.15) is 23.7 Å². The van der Waals surface area contributed by atoms with E-state index >= 15 is 0 Å². The Labute approximate surface area is 117 Å². The molecule has 0 aromatic heterocycles. The highest BCUT2D eigenvalue weighted by molar-refractivity contribution is 6.07. The van der Waals surface area contributed by atoms with E-state index in [1.807, 2.05) is 24.3 Å². The number of Topliss-reactive ketones (excluding diaryl/α,β-unsaturated/α-hetero) is 1. The van der Waals surface area contributed by atoms with Gasteiger partial charge in [0.05, 0.1) is 13.7 Å². The minimum atomic E-state index is -0.493. The van der Waals surface area contributed by atoms with Crippen LogP contribution in [0.4, 0.5) is 0 Å². The predicted molar refractivity (Wildman–Crippen MR) is 76.1 cm³/mol. The maximum Gasteiger partial charge on any atom is 0.313 e. The van der Waals surface area contributed by atoms with Gasteiger partial charge in [-0.15, -0.1) is 0 Å². The Bertz CT molecular complexity index is 646. The Morgan fingerprint density at radius 3 is 2.45 bits per heavy atom. The monoisotopic (exact) mass is 272 g/mol. The Balaban J connectivity index is 2.23. The van der Waals surface area contributed by atoms with Crippen molar-refractivity contribution < 1.29 is 19.1 Å². The summed E-state index contributed by atoms with van der Waals surface area (Å²) in [6.07, 6.45) is -0.227. The molecule has 0 unspecified atom stereocenters. The lowest BCUT2D eigenvalue weighted by Gasteiger charge is -2.05. The van der Waals surface area contributed by atoms with Crippen LogP contribution >= 0.6 is 0 Å². The molecule has 0 saturated heterocycles. The maximum absolute atomic E-state index is 12.0. The van der Waals surface area contributed by atoms with E-state index in [9.17, 15) is 9.59 Å². The molecule has 0 N–H and O–H groups in total. The molecule has 0 saturated carbocycles. The average molecular weight is 272 g/mol. The first kappa shape index (κ1) is 14.1. The average Bonchev–Trinajstić information content (AvgIpc) is 2.46. The first-order valence-corrected chi connectivity index (χ1v) is 6.40. The Kier molecular flexibility index (Phi) is 4.35. The minimum absolute atomic E-state index is 0.227. The van der Waals surface area contributed by atoms with Gasteiger partial charge in [-0.05, 0) is 35.9 Å². The third-order valence-corrected chi connectivity index (χ3v) is 2.98. The van der Waals surface area contributed by atoms with Gasteiger partial charge in [0.2, 0.25) is 0 Å². The maximum atomic E-state index is 12.0. The number of hydrogen-bond donors (Lipinski definition) is 0. The topological polar surface area (TPSA) is 52.6 Å². The van der Waals surface area contributed by atoms with E-state index in [4.69, 9.17) is 9.47 Å². The summed E-state index contributed by atoms with van der Waals surface area (Å²) in [6.45, 7) is 2.00. The van der Waals surface area contributed by atoms with Crippen LogP contribution in [0, 0.1) is 0 Å². The summed E-state index contributed by atoms with van der Waals surface area (Å²) >= 11 is 0. The Morgan fingerprint density at radius 1 is 1.05 bits per heavy atom. The molecule has 2 aromatic rings. The largest absolute Gasteiger partial charge is 0.497 e. The van der Waals surface area contributed by atoms with Crippen LogP contribution < -0.4 is 4.74 Å². The van der Waals surface area contributed by atoms with Crippen LogP contribution in [0.5, 0.6) is 5.75 Å². The van der Waals surface area contributed by atoms with Crippen molar-refractivity contribution >= 4 is 22.5 Å². The fourth-order valence-electron chi connectivity index (χ4n) is 1.97. The van der Waals surface area contributed by atoms with E-state index < -0.39 is 5.97 Å². The fraction of sp³-hybridized carbons (Fsp3) is 0.250. The lowest BCUT2D eigenvalue weighted by Crippen LogP contribution is -2.11. The minimum Gasteiger partial charge on any atom is -0.497 e. The molecule has 2 rings (SSSR count). The van der Waals surface area contributed by atoms with E-state index in [0.29, 0.717) is 5.56 Å². The Morgan fingerprint density at radius 2 is 1.75 bits per heavy atom. The molecule has 0 amide bonds. The summed E-state index contributed by atoms with van der Waals surface area (Å²) in [5.41, 5.74) is 0.510. The summed E-state index contributed by atoms with van der Waals surface area (Å²) in [5.74, 6) is 0.0385. The molecule has 0 bridgehead atoms. The molecule has 0 fully saturated rings. The van der Waals surface area contributed by atoms with Crippen molar-refractivity contribution in [3.8, 4) is 5.75 Å². The van der Waals surface area contributed by atoms with Crippen molar-refractivity contribution in [2.75, 3.05) is 13.7 Å². The summed E-state index contributed by atoms with van der Waals surface area (Å²) < 4.78 is 9.93. The van der Waals surface area contributed by atoms with Gasteiger partial charge in [-0.2, -0.15) is 0 Å². The number of rotatable bonds is 5. The number of benzene rings is 2. The van der Waals surface area contributed by atoms with Crippen LogP contribution in [0.25, 0.3) is 10.8 Å². The van der Waals surface area contributed by atoms with E-state index in [0.717, 1.165) is 16.5 Å². The normalized spacial score (nSPS) is 10.3.